The van der Waals surface area contributed by atoms with Crippen molar-refractivity contribution in [2.24, 2.45) is 0 Å². The van der Waals surface area contributed by atoms with E-state index in [2.05, 4.69) is 10.2 Å². The van der Waals surface area contributed by atoms with Crippen molar-refractivity contribution >= 4 is 27.5 Å². The third kappa shape index (κ3) is 3.64. The summed E-state index contributed by atoms with van der Waals surface area (Å²) in [5.41, 5.74) is 2.25. The van der Waals surface area contributed by atoms with Crippen molar-refractivity contribution in [1.29, 1.82) is 0 Å². The molecular weight excluding hydrogens is 442 g/mol. The number of fused-ring (bicyclic) bond motifs is 1. The van der Waals surface area contributed by atoms with Gasteiger partial charge in [0, 0.05) is 29.9 Å². The summed E-state index contributed by atoms with van der Waals surface area (Å²) in [5.74, 6) is -1.08. The number of carbonyl (C=O) groups excluding carboxylic acids is 1. The van der Waals surface area contributed by atoms with Crippen LogP contribution >= 0.6 is 11.6 Å². The summed E-state index contributed by atoms with van der Waals surface area (Å²) in [4.78, 5) is 14.7. The van der Waals surface area contributed by atoms with Crippen molar-refractivity contribution in [3.63, 3.8) is 0 Å². The molecule has 0 aliphatic carbocycles. The predicted octanol–water partition coefficient (Wildman–Crippen LogP) is 1.92. The number of amides is 1. The van der Waals surface area contributed by atoms with E-state index in [0.717, 1.165) is 4.09 Å². The average Bonchev–Trinajstić information content (AvgIpc) is 3.42. The summed E-state index contributed by atoms with van der Waals surface area (Å²) in [6.45, 7) is 4.12. The lowest BCUT2D eigenvalue weighted by Crippen LogP contribution is -2.33. The summed E-state index contributed by atoms with van der Waals surface area (Å²) in [5, 5.41) is 18.6. The lowest BCUT2D eigenvalue weighted by atomic mass is 9.98. The first-order valence-electron chi connectivity index (χ1n) is 9.77. The molecule has 0 radical (unpaired) electrons. The zero-order chi connectivity index (χ0) is 22.3. The van der Waals surface area contributed by atoms with Crippen LogP contribution in [0.25, 0.3) is 0 Å². The molecule has 2 aromatic heterocycles. The second-order valence-electron chi connectivity index (χ2n) is 7.34. The van der Waals surface area contributed by atoms with Crippen LogP contribution in [-0.4, -0.2) is 49.9 Å². The Morgan fingerprint density at radius 2 is 2.03 bits per heavy atom. The van der Waals surface area contributed by atoms with Crippen LogP contribution in [0.1, 0.15) is 35.4 Å². The van der Waals surface area contributed by atoms with Gasteiger partial charge in [0.05, 0.1) is 36.7 Å². The van der Waals surface area contributed by atoms with Crippen LogP contribution in [0.3, 0.4) is 0 Å². The monoisotopic (exact) mass is 463 g/mol. The summed E-state index contributed by atoms with van der Waals surface area (Å²) in [7, 11) is -3.88. The van der Waals surface area contributed by atoms with Gasteiger partial charge in [-0.2, -0.15) is 22.7 Å². The molecule has 1 aliphatic heterocycles. The molecule has 31 heavy (non-hydrogen) atoms. The number of aliphatic hydroxyl groups is 1. The molecule has 4 rings (SSSR count). The molecule has 0 spiro atoms. The minimum Gasteiger partial charge on any atom is -0.395 e. The van der Waals surface area contributed by atoms with Crippen LogP contribution < -0.4 is 0 Å². The minimum atomic E-state index is -3.88. The highest BCUT2D eigenvalue weighted by molar-refractivity contribution is 7.89. The van der Waals surface area contributed by atoms with E-state index in [0.29, 0.717) is 34.1 Å². The van der Waals surface area contributed by atoms with Crippen molar-refractivity contribution in [2.45, 2.75) is 44.3 Å². The highest BCUT2D eigenvalue weighted by Gasteiger charge is 2.34. The highest BCUT2D eigenvalue weighted by atomic mass is 35.5. The molecular formula is C20H22ClN5O4S. The van der Waals surface area contributed by atoms with Crippen LogP contribution in [0, 0.1) is 6.92 Å². The van der Waals surface area contributed by atoms with E-state index < -0.39 is 15.9 Å². The SMILES string of the molecule is CCn1ncc(S(=O)(=O)n2cc3c(n2)CN(C(=O)[C@H](CO)c2ccccc2Cl)C3)c1C. The van der Waals surface area contributed by atoms with Gasteiger partial charge in [-0.1, -0.05) is 29.8 Å². The van der Waals surface area contributed by atoms with Gasteiger partial charge in [0.1, 0.15) is 4.90 Å². The van der Waals surface area contributed by atoms with Gasteiger partial charge in [-0.3, -0.25) is 9.48 Å². The van der Waals surface area contributed by atoms with E-state index in [1.165, 1.54) is 12.4 Å². The lowest BCUT2D eigenvalue weighted by molar-refractivity contribution is -0.134. The van der Waals surface area contributed by atoms with Crippen LogP contribution in [-0.2, 0) is 34.5 Å². The Balaban J connectivity index is 1.56. The molecule has 11 heteroatoms. The summed E-state index contributed by atoms with van der Waals surface area (Å²) in [6.07, 6.45) is 2.76. The Hall–Kier alpha value is -2.69. The van der Waals surface area contributed by atoms with Gasteiger partial charge in [-0.15, -0.1) is 0 Å². The van der Waals surface area contributed by atoms with Gasteiger partial charge >= 0.3 is 0 Å². The number of aryl methyl sites for hydroxylation is 1. The predicted molar refractivity (Wildman–Crippen MR) is 113 cm³/mol. The average molecular weight is 464 g/mol. The van der Waals surface area contributed by atoms with Crippen LogP contribution in [0.5, 0.6) is 0 Å². The van der Waals surface area contributed by atoms with Crippen molar-refractivity contribution in [3.8, 4) is 0 Å². The Kier molecular flexibility index (Phi) is 5.63. The van der Waals surface area contributed by atoms with Gasteiger partial charge in [-0.05, 0) is 25.5 Å². The lowest BCUT2D eigenvalue weighted by Gasteiger charge is -2.22. The van der Waals surface area contributed by atoms with Gasteiger partial charge in [0.15, 0.2) is 0 Å². The maximum Gasteiger partial charge on any atom is 0.286 e. The molecule has 0 fully saturated rings. The van der Waals surface area contributed by atoms with Crippen molar-refractivity contribution in [3.05, 3.63) is 64.2 Å². The molecule has 1 aromatic carbocycles. The number of rotatable bonds is 6. The quantitative estimate of drug-likeness (QED) is 0.598. The zero-order valence-corrected chi connectivity index (χ0v) is 18.6. The molecule has 1 aliphatic rings. The van der Waals surface area contributed by atoms with E-state index in [-0.39, 0.29) is 30.5 Å². The number of benzene rings is 1. The van der Waals surface area contributed by atoms with Crippen molar-refractivity contribution in [1.82, 2.24) is 23.9 Å². The first-order valence-corrected chi connectivity index (χ1v) is 11.6. The molecule has 0 saturated heterocycles. The zero-order valence-electron chi connectivity index (χ0n) is 17.1. The van der Waals surface area contributed by atoms with E-state index in [1.807, 2.05) is 6.92 Å². The van der Waals surface area contributed by atoms with Gasteiger partial charge < -0.3 is 10.0 Å². The molecule has 1 amide bonds. The van der Waals surface area contributed by atoms with E-state index >= 15 is 0 Å². The number of hydrogen-bond donors (Lipinski definition) is 1. The number of halogens is 1. The largest absolute Gasteiger partial charge is 0.395 e. The first-order chi connectivity index (χ1) is 14.8. The van der Waals surface area contributed by atoms with Crippen LogP contribution in [0.2, 0.25) is 5.02 Å². The fourth-order valence-electron chi connectivity index (χ4n) is 3.80. The number of nitrogens with zero attached hydrogens (tertiary/aromatic N) is 5. The van der Waals surface area contributed by atoms with Crippen molar-refractivity contribution < 1.29 is 18.3 Å². The summed E-state index contributed by atoms with van der Waals surface area (Å²) >= 11 is 6.20. The second-order valence-corrected chi connectivity index (χ2v) is 9.51. The van der Waals surface area contributed by atoms with E-state index in [9.17, 15) is 18.3 Å². The van der Waals surface area contributed by atoms with Gasteiger partial charge in [-0.25, -0.2) is 0 Å². The van der Waals surface area contributed by atoms with Crippen LogP contribution in [0.4, 0.5) is 0 Å². The first kappa shape index (κ1) is 21.5. The normalized spacial score (nSPS) is 14.6. The standard InChI is InChI=1S/C20H22ClN5O4S/c1-3-25-13(2)19(8-22-25)31(29,30)26-10-14-9-24(11-18(14)23-26)20(28)16(12-27)15-6-4-5-7-17(15)21/h4-8,10,16,27H,3,9,11-12H2,1-2H3/t16-/m1/s1. The third-order valence-corrected chi connectivity index (χ3v) is 7.49. The maximum absolute atomic E-state index is 13.0. The Bertz CT molecular complexity index is 1230. The Labute approximate surface area is 184 Å². The molecule has 3 heterocycles. The molecule has 9 nitrogen and oxygen atoms in total. The van der Waals surface area contributed by atoms with E-state index in [4.69, 9.17) is 11.6 Å². The fraction of sp³-hybridized carbons (Fsp3) is 0.350. The smallest absolute Gasteiger partial charge is 0.286 e. The summed E-state index contributed by atoms with van der Waals surface area (Å²) in [6, 6.07) is 6.89. The molecule has 3 aromatic rings. The Morgan fingerprint density at radius 3 is 2.65 bits per heavy atom. The summed E-state index contributed by atoms with van der Waals surface area (Å²) < 4.78 is 28.6. The van der Waals surface area contributed by atoms with Gasteiger partial charge in [0.25, 0.3) is 10.0 Å². The second kappa shape index (κ2) is 8.10. The number of aliphatic hydroxyl groups excluding tert-OH is 1. The fourth-order valence-corrected chi connectivity index (χ4v) is 5.40. The highest BCUT2D eigenvalue weighted by Crippen LogP contribution is 2.30. The van der Waals surface area contributed by atoms with Crippen molar-refractivity contribution in [2.75, 3.05) is 6.61 Å². The molecule has 0 saturated carbocycles. The molecule has 0 bridgehead atoms. The number of carbonyl (C=O) groups is 1. The van der Waals surface area contributed by atoms with E-state index in [1.54, 1.807) is 40.8 Å². The molecule has 0 unspecified atom stereocenters. The molecule has 1 atom stereocenters. The molecule has 164 valence electrons. The third-order valence-electron chi connectivity index (χ3n) is 5.51. The number of hydrogen-bond acceptors (Lipinski definition) is 6. The van der Waals surface area contributed by atoms with Crippen LogP contribution in [0.15, 0.2) is 41.6 Å². The minimum absolute atomic E-state index is 0.0996. The molecule has 1 N–H and O–H groups in total. The number of aromatic nitrogens is 4. The maximum atomic E-state index is 13.0. The van der Waals surface area contributed by atoms with Gasteiger partial charge in [0.2, 0.25) is 5.91 Å². The Morgan fingerprint density at radius 1 is 1.29 bits per heavy atom. The topological polar surface area (TPSA) is 110 Å².